The number of hydrogen-bond donors (Lipinski definition) is 1. The average Bonchev–Trinajstić information content (AvgIpc) is 2.87. The zero-order chi connectivity index (χ0) is 13.8. The van der Waals surface area contributed by atoms with Crippen LogP contribution in [-0.2, 0) is 9.59 Å². The Kier molecular flexibility index (Phi) is 4.37. The standard InChI is InChI=1S/C14H14BrNO3/c15-11-5-2-1-4-10(11)7-8-13(17)16-9-3-6-12(16)14(18)19/h1-2,4-5,7-8,12H,3,6,9H2,(H,18,19)/b8-7+/t12-/m0/s1. The van der Waals surface area contributed by atoms with Crippen LogP contribution in [0.25, 0.3) is 6.08 Å². The Balaban J connectivity index is 2.09. The molecule has 1 aliphatic heterocycles. The van der Waals surface area contributed by atoms with Crippen LogP contribution in [-0.4, -0.2) is 34.5 Å². The SMILES string of the molecule is O=C(O)[C@@H]1CCCN1C(=O)/C=C/c1ccccc1Br. The van der Waals surface area contributed by atoms with E-state index >= 15 is 0 Å². The number of aliphatic carboxylic acids is 1. The van der Waals surface area contributed by atoms with Crippen LogP contribution in [0.15, 0.2) is 34.8 Å². The van der Waals surface area contributed by atoms with Crippen molar-refractivity contribution in [3.05, 3.63) is 40.4 Å². The van der Waals surface area contributed by atoms with E-state index in [-0.39, 0.29) is 5.91 Å². The van der Waals surface area contributed by atoms with Crippen molar-refractivity contribution < 1.29 is 14.7 Å². The maximum atomic E-state index is 12.0. The highest BCUT2D eigenvalue weighted by Crippen LogP contribution is 2.20. The molecule has 0 bridgehead atoms. The maximum Gasteiger partial charge on any atom is 0.326 e. The van der Waals surface area contributed by atoms with Crippen LogP contribution in [0, 0.1) is 0 Å². The fourth-order valence-electron chi connectivity index (χ4n) is 2.15. The van der Waals surface area contributed by atoms with Crippen LogP contribution >= 0.6 is 15.9 Å². The number of amides is 1. The van der Waals surface area contributed by atoms with Gasteiger partial charge in [-0.25, -0.2) is 4.79 Å². The molecule has 0 saturated carbocycles. The van der Waals surface area contributed by atoms with Crippen molar-refractivity contribution in [3.63, 3.8) is 0 Å². The summed E-state index contributed by atoms with van der Waals surface area (Å²) in [6.45, 7) is 0.510. The molecule has 100 valence electrons. The lowest BCUT2D eigenvalue weighted by atomic mass is 10.2. The molecule has 1 heterocycles. The minimum Gasteiger partial charge on any atom is -0.480 e. The Morgan fingerprint density at radius 1 is 1.37 bits per heavy atom. The Labute approximate surface area is 119 Å². The van der Waals surface area contributed by atoms with Crippen molar-refractivity contribution in [2.75, 3.05) is 6.54 Å². The van der Waals surface area contributed by atoms with Gasteiger partial charge in [0.05, 0.1) is 0 Å². The molecule has 4 nitrogen and oxygen atoms in total. The summed E-state index contributed by atoms with van der Waals surface area (Å²) in [7, 11) is 0. The molecular formula is C14H14BrNO3. The van der Waals surface area contributed by atoms with Gasteiger partial charge in [0.15, 0.2) is 0 Å². The maximum absolute atomic E-state index is 12.0. The van der Waals surface area contributed by atoms with Crippen LogP contribution in [0.3, 0.4) is 0 Å². The summed E-state index contributed by atoms with van der Waals surface area (Å²) in [5.41, 5.74) is 0.891. The third-order valence-corrected chi connectivity index (χ3v) is 3.85. The summed E-state index contributed by atoms with van der Waals surface area (Å²) < 4.78 is 0.898. The van der Waals surface area contributed by atoms with Crippen molar-refractivity contribution in [2.24, 2.45) is 0 Å². The number of carboxylic acids is 1. The molecule has 1 atom stereocenters. The quantitative estimate of drug-likeness (QED) is 0.870. The van der Waals surface area contributed by atoms with E-state index in [4.69, 9.17) is 5.11 Å². The zero-order valence-corrected chi connectivity index (χ0v) is 11.8. The number of nitrogens with zero attached hydrogens (tertiary/aromatic N) is 1. The molecule has 1 fully saturated rings. The molecule has 1 aromatic carbocycles. The third-order valence-electron chi connectivity index (χ3n) is 3.13. The van der Waals surface area contributed by atoms with Gasteiger partial charge in [-0.3, -0.25) is 4.79 Å². The number of hydrogen-bond acceptors (Lipinski definition) is 2. The Morgan fingerprint density at radius 2 is 2.11 bits per heavy atom. The van der Waals surface area contributed by atoms with Gasteiger partial charge in [-0.15, -0.1) is 0 Å². The Hall–Kier alpha value is -1.62. The average molecular weight is 324 g/mol. The van der Waals surface area contributed by atoms with Crippen molar-refractivity contribution in [2.45, 2.75) is 18.9 Å². The van der Waals surface area contributed by atoms with Crippen molar-refractivity contribution in [1.29, 1.82) is 0 Å². The number of carboxylic acid groups (broad SMARTS) is 1. The lowest BCUT2D eigenvalue weighted by molar-refractivity contribution is -0.146. The lowest BCUT2D eigenvalue weighted by Crippen LogP contribution is -2.39. The number of carbonyl (C=O) groups is 2. The normalized spacial score (nSPS) is 19.0. The summed E-state index contributed by atoms with van der Waals surface area (Å²) in [5.74, 6) is -1.18. The second-order valence-corrected chi connectivity index (χ2v) is 5.24. The highest BCUT2D eigenvalue weighted by molar-refractivity contribution is 9.10. The van der Waals surface area contributed by atoms with Gasteiger partial charge in [0.2, 0.25) is 5.91 Å². The van der Waals surface area contributed by atoms with Crippen LogP contribution in [0.4, 0.5) is 0 Å². The van der Waals surface area contributed by atoms with Gasteiger partial charge < -0.3 is 10.0 Å². The van der Waals surface area contributed by atoms with Crippen LogP contribution in [0.1, 0.15) is 18.4 Å². The third kappa shape index (κ3) is 3.23. The van der Waals surface area contributed by atoms with E-state index in [1.54, 1.807) is 6.08 Å². The highest BCUT2D eigenvalue weighted by Gasteiger charge is 2.32. The van der Waals surface area contributed by atoms with Crippen LogP contribution in [0.5, 0.6) is 0 Å². The molecule has 1 aliphatic rings. The van der Waals surface area contributed by atoms with Gasteiger partial charge in [-0.2, -0.15) is 0 Å². The van der Waals surface area contributed by atoms with E-state index in [1.165, 1.54) is 11.0 Å². The van der Waals surface area contributed by atoms with Gasteiger partial charge in [0, 0.05) is 17.1 Å². The van der Waals surface area contributed by atoms with Gasteiger partial charge in [-0.1, -0.05) is 34.1 Å². The monoisotopic (exact) mass is 323 g/mol. The fourth-order valence-corrected chi connectivity index (χ4v) is 2.57. The van der Waals surface area contributed by atoms with Gasteiger partial charge in [0.25, 0.3) is 0 Å². The largest absolute Gasteiger partial charge is 0.480 e. The van der Waals surface area contributed by atoms with Gasteiger partial charge in [-0.05, 0) is 30.5 Å². The van der Waals surface area contributed by atoms with Gasteiger partial charge in [0.1, 0.15) is 6.04 Å². The number of rotatable bonds is 3. The summed E-state index contributed by atoms with van der Waals surface area (Å²) >= 11 is 3.39. The Morgan fingerprint density at radius 3 is 2.79 bits per heavy atom. The molecule has 0 radical (unpaired) electrons. The Bertz CT molecular complexity index is 527. The van der Waals surface area contributed by atoms with E-state index in [1.807, 2.05) is 24.3 Å². The molecule has 1 saturated heterocycles. The molecule has 5 heteroatoms. The van der Waals surface area contributed by atoms with Crippen LogP contribution in [0.2, 0.25) is 0 Å². The van der Waals surface area contributed by atoms with Crippen molar-refractivity contribution in [3.8, 4) is 0 Å². The first kappa shape index (κ1) is 13.8. The van der Waals surface area contributed by atoms with E-state index < -0.39 is 12.0 Å². The second-order valence-electron chi connectivity index (χ2n) is 4.38. The molecule has 1 N–H and O–H groups in total. The first-order valence-electron chi connectivity index (χ1n) is 6.05. The number of halogens is 1. The predicted octanol–water partition coefficient (Wildman–Crippen LogP) is 2.54. The summed E-state index contributed by atoms with van der Waals surface area (Å²) in [5, 5.41) is 9.04. The van der Waals surface area contributed by atoms with E-state index in [2.05, 4.69) is 15.9 Å². The van der Waals surface area contributed by atoms with E-state index in [0.717, 1.165) is 16.5 Å². The number of benzene rings is 1. The number of carbonyl (C=O) groups excluding carboxylic acids is 1. The lowest BCUT2D eigenvalue weighted by Gasteiger charge is -2.19. The van der Waals surface area contributed by atoms with Crippen LogP contribution < -0.4 is 0 Å². The summed E-state index contributed by atoms with van der Waals surface area (Å²) in [6.07, 6.45) is 4.40. The first-order valence-corrected chi connectivity index (χ1v) is 6.85. The molecule has 0 spiro atoms. The fraction of sp³-hybridized carbons (Fsp3) is 0.286. The van der Waals surface area contributed by atoms with Crippen molar-refractivity contribution in [1.82, 2.24) is 4.90 Å². The van der Waals surface area contributed by atoms with E-state index in [0.29, 0.717) is 13.0 Å². The van der Waals surface area contributed by atoms with Gasteiger partial charge >= 0.3 is 5.97 Å². The molecule has 0 aromatic heterocycles. The van der Waals surface area contributed by atoms with Crippen molar-refractivity contribution >= 4 is 33.9 Å². The topological polar surface area (TPSA) is 57.6 Å². The molecular weight excluding hydrogens is 310 g/mol. The molecule has 1 amide bonds. The second kappa shape index (κ2) is 6.02. The molecule has 1 aromatic rings. The smallest absolute Gasteiger partial charge is 0.326 e. The minimum atomic E-state index is -0.930. The molecule has 0 unspecified atom stereocenters. The first-order chi connectivity index (χ1) is 9.09. The summed E-state index contributed by atoms with van der Waals surface area (Å²) in [4.78, 5) is 24.4. The molecule has 0 aliphatic carbocycles. The zero-order valence-electron chi connectivity index (χ0n) is 10.3. The van der Waals surface area contributed by atoms with E-state index in [9.17, 15) is 9.59 Å². The highest BCUT2D eigenvalue weighted by atomic mass is 79.9. The number of likely N-dealkylation sites (tertiary alicyclic amines) is 1. The molecule has 2 rings (SSSR count). The predicted molar refractivity (Wildman–Crippen MR) is 75.5 cm³/mol. The molecule has 19 heavy (non-hydrogen) atoms. The minimum absolute atomic E-state index is 0.249. The summed E-state index contributed by atoms with van der Waals surface area (Å²) in [6, 6.07) is 6.86.